The van der Waals surface area contributed by atoms with Gasteiger partial charge in [0.25, 0.3) is 7.82 Å². The summed E-state index contributed by atoms with van der Waals surface area (Å²) < 4.78 is 23.0. The van der Waals surface area contributed by atoms with Crippen LogP contribution in [0.3, 0.4) is 0 Å². The second kappa shape index (κ2) is 30.5. The van der Waals surface area contributed by atoms with Gasteiger partial charge in [0.15, 0.2) is 0 Å². The first-order chi connectivity index (χ1) is 22.5. The van der Waals surface area contributed by atoms with Crippen LogP contribution in [0.4, 0.5) is 0 Å². The maximum absolute atomic E-state index is 12.7. The van der Waals surface area contributed by atoms with Gasteiger partial charge in [0, 0.05) is 6.42 Å². The van der Waals surface area contributed by atoms with E-state index >= 15 is 0 Å². The number of rotatable bonds is 32. The van der Waals surface area contributed by atoms with Crippen molar-refractivity contribution in [2.24, 2.45) is 0 Å². The minimum Gasteiger partial charge on any atom is -0.756 e. The fraction of sp³-hybridized carbons (Fsp3) is 0.763. The fourth-order valence-electron chi connectivity index (χ4n) is 4.71. The zero-order chi connectivity index (χ0) is 35.1. The van der Waals surface area contributed by atoms with Gasteiger partial charge in [0.1, 0.15) is 13.2 Å². The number of phosphoric acid groups is 1. The molecule has 1 amide bonds. The van der Waals surface area contributed by atoms with E-state index in [1.54, 1.807) is 6.08 Å². The summed E-state index contributed by atoms with van der Waals surface area (Å²) in [5.41, 5.74) is 0. The molecule has 0 aromatic heterocycles. The molecule has 0 saturated carbocycles. The number of carbonyl (C=O) groups is 1. The Balaban J connectivity index is 4.47. The van der Waals surface area contributed by atoms with E-state index in [9.17, 15) is 19.4 Å². The van der Waals surface area contributed by atoms with Gasteiger partial charge in [-0.3, -0.25) is 9.36 Å². The van der Waals surface area contributed by atoms with E-state index in [4.69, 9.17) is 9.05 Å². The number of aliphatic hydroxyl groups excluding tert-OH is 1. The number of hydrogen-bond donors (Lipinski definition) is 2. The second-order valence-electron chi connectivity index (χ2n) is 13.6. The van der Waals surface area contributed by atoms with Crippen molar-refractivity contribution in [1.29, 1.82) is 0 Å². The summed E-state index contributed by atoms with van der Waals surface area (Å²) in [5, 5.41) is 13.6. The van der Waals surface area contributed by atoms with E-state index in [1.807, 2.05) is 27.2 Å². The Morgan fingerprint density at radius 2 is 1.28 bits per heavy atom. The molecule has 3 unspecified atom stereocenters. The topological polar surface area (TPSA) is 108 Å². The lowest BCUT2D eigenvalue weighted by molar-refractivity contribution is -0.870. The quantitative estimate of drug-likeness (QED) is 0.0318. The first kappa shape index (κ1) is 45.5. The third-order valence-corrected chi connectivity index (χ3v) is 8.73. The molecule has 0 fully saturated rings. The van der Waals surface area contributed by atoms with Gasteiger partial charge in [-0.25, -0.2) is 0 Å². The molecule has 0 aliphatic rings. The summed E-state index contributed by atoms with van der Waals surface area (Å²) in [6, 6.07) is -0.904. The molecule has 0 aliphatic carbocycles. The van der Waals surface area contributed by atoms with Gasteiger partial charge < -0.3 is 28.8 Å². The van der Waals surface area contributed by atoms with Crippen LogP contribution in [-0.2, 0) is 18.4 Å². The number of allylic oxidation sites excluding steroid dienone is 7. The Bertz CT molecular complexity index is 912. The molecule has 47 heavy (non-hydrogen) atoms. The van der Waals surface area contributed by atoms with Crippen LogP contribution >= 0.6 is 7.82 Å². The van der Waals surface area contributed by atoms with Gasteiger partial charge in [-0.1, -0.05) is 120 Å². The molecule has 0 aliphatic heterocycles. The molecule has 0 radical (unpaired) electrons. The van der Waals surface area contributed by atoms with Gasteiger partial charge in [-0.2, -0.15) is 0 Å². The van der Waals surface area contributed by atoms with Crippen molar-refractivity contribution in [2.75, 3.05) is 40.9 Å². The first-order valence-electron chi connectivity index (χ1n) is 18.5. The Morgan fingerprint density at radius 3 is 1.91 bits per heavy atom. The Morgan fingerprint density at radius 1 is 0.745 bits per heavy atom. The number of phosphoric ester groups is 1. The van der Waals surface area contributed by atoms with Crippen molar-refractivity contribution in [3.05, 3.63) is 48.6 Å². The van der Waals surface area contributed by atoms with Crippen LogP contribution in [0.15, 0.2) is 48.6 Å². The molecule has 0 aromatic carbocycles. The molecular weight excluding hydrogens is 611 g/mol. The summed E-state index contributed by atoms with van der Waals surface area (Å²) in [5.74, 6) is -0.223. The molecule has 8 nitrogen and oxygen atoms in total. The third kappa shape index (κ3) is 32.8. The lowest BCUT2D eigenvalue weighted by atomic mass is 10.1. The Kier molecular flexibility index (Phi) is 29.5. The third-order valence-electron chi connectivity index (χ3n) is 7.76. The molecule has 0 heterocycles. The van der Waals surface area contributed by atoms with Gasteiger partial charge in [0.2, 0.25) is 5.91 Å². The molecule has 2 N–H and O–H groups in total. The zero-order valence-electron chi connectivity index (χ0n) is 30.7. The average Bonchev–Trinajstić information content (AvgIpc) is 3.01. The summed E-state index contributed by atoms with van der Waals surface area (Å²) in [4.78, 5) is 25.1. The number of unbranched alkanes of at least 4 members (excludes halogenated alkanes) is 13. The van der Waals surface area contributed by atoms with Crippen molar-refractivity contribution in [3.8, 4) is 0 Å². The van der Waals surface area contributed by atoms with Crippen molar-refractivity contribution in [3.63, 3.8) is 0 Å². The first-order valence-corrected chi connectivity index (χ1v) is 20.0. The molecule has 0 bridgehead atoms. The molecule has 0 saturated heterocycles. The van der Waals surface area contributed by atoms with Crippen LogP contribution in [0.1, 0.15) is 136 Å². The van der Waals surface area contributed by atoms with Crippen molar-refractivity contribution in [1.82, 2.24) is 5.32 Å². The lowest BCUT2D eigenvalue weighted by Gasteiger charge is -2.29. The normalized spacial score (nSPS) is 15.3. The highest BCUT2D eigenvalue weighted by Crippen LogP contribution is 2.38. The van der Waals surface area contributed by atoms with Crippen molar-refractivity contribution >= 4 is 13.7 Å². The second-order valence-corrected chi connectivity index (χ2v) is 15.0. The highest BCUT2D eigenvalue weighted by molar-refractivity contribution is 7.45. The number of quaternary nitrogens is 1. The summed E-state index contributed by atoms with van der Waals surface area (Å²) in [6.07, 6.45) is 36.0. The SMILES string of the molecule is CCCC/C=C/CC/C=C/C(O)C(COP(=O)([O-])OCC[N+](C)(C)C)NC(=O)CCCCCCCCC/C=C\C/C=C\CCCCC. The number of nitrogens with one attached hydrogen (secondary N) is 1. The van der Waals surface area contributed by atoms with E-state index in [0.717, 1.165) is 57.8 Å². The highest BCUT2D eigenvalue weighted by atomic mass is 31.2. The summed E-state index contributed by atoms with van der Waals surface area (Å²) >= 11 is 0. The summed E-state index contributed by atoms with van der Waals surface area (Å²) in [6.45, 7) is 4.48. The highest BCUT2D eigenvalue weighted by Gasteiger charge is 2.23. The predicted molar refractivity (Wildman–Crippen MR) is 196 cm³/mol. The predicted octanol–water partition coefficient (Wildman–Crippen LogP) is 8.72. The van der Waals surface area contributed by atoms with Crippen molar-refractivity contribution in [2.45, 2.75) is 148 Å². The van der Waals surface area contributed by atoms with Crippen LogP contribution in [0, 0.1) is 0 Å². The van der Waals surface area contributed by atoms with Crippen LogP contribution < -0.4 is 10.2 Å². The monoisotopic (exact) mass is 683 g/mol. The van der Waals surface area contributed by atoms with E-state index in [-0.39, 0.29) is 12.5 Å². The van der Waals surface area contributed by atoms with Crippen LogP contribution in [-0.4, -0.2) is 68.5 Å². The molecule has 9 heteroatoms. The minimum absolute atomic E-state index is 0.0102. The molecule has 274 valence electrons. The molecule has 0 spiro atoms. The van der Waals surface area contributed by atoms with E-state index in [2.05, 4.69) is 55.6 Å². The molecule has 0 rings (SSSR count). The van der Waals surface area contributed by atoms with E-state index in [0.29, 0.717) is 17.4 Å². The molecule has 0 aromatic rings. The van der Waals surface area contributed by atoms with Gasteiger partial charge >= 0.3 is 0 Å². The number of hydrogen-bond acceptors (Lipinski definition) is 6. The van der Waals surface area contributed by atoms with Gasteiger partial charge in [-0.05, 0) is 57.8 Å². The standard InChI is InChI=1S/C38H71N2O6P/c1-6-8-10-12-14-16-17-18-19-20-21-22-23-24-26-28-30-32-38(42)39-36(35-46-47(43,44)45-34-33-40(3,4)5)37(41)31-29-27-25-15-13-11-9-7-2/h13-16,18-19,29,31,36-37,41H,6-12,17,20-28,30,32-35H2,1-5H3,(H-,39,42,43,44)/b15-13+,16-14-,19-18-,31-29+. The van der Waals surface area contributed by atoms with Crippen LogP contribution in [0.2, 0.25) is 0 Å². The number of carbonyl (C=O) groups excluding carboxylic acids is 1. The van der Waals surface area contributed by atoms with E-state index < -0.39 is 26.6 Å². The number of likely N-dealkylation sites (N-methyl/N-ethyl adjacent to an activating group) is 1. The van der Waals surface area contributed by atoms with Gasteiger partial charge in [0.05, 0.1) is 39.9 Å². The largest absolute Gasteiger partial charge is 0.756 e. The zero-order valence-corrected chi connectivity index (χ0v) is 31.6. The number of aliphatic hydroxyl groups is 1. The summed E-state index contributed by atoms with van der Waals surface area (Å²) in [7, 11) is 1.22. The lowest BCUT2D eigenvalue weighted by Crippen LogP contribution is -2.45. The average molecular weight is 683 g/mol. The number of amides is 1. The maximum Gasteiger partial charge on any atom is 0.268 e. The van der Waals surface area contributed by atoms with Gasteiger partial charge in [-0.15, -0.1) is 0 Å². The van der Waals surface area contributed by atoms with Crippen LogP contribution in [0.25, 0.3) is 0 Å². The Hall–Kier alpha value is -1.54. The van der Waals surface area contributed by atoms with Crippen LogP contribution in [0.5, 0.6) is 0 Å². The smallest absolute Gasteiger partial charge is 0.268 e. The molecular formula is C38H71N2O6P. The molecule has 3 atom stereocenters. The fourth-order valence-corrected chi connectivity index (χ4v) is 5.43. The minimum atomic E-state index is -4.58. The number of nitrogens with zero attached hydrogens (tertiary/aromatic N) is 1. The Labute approximate surface area is 289 Å². The maximum atomic E-state index is 12.7. The van der Waals surface area contributed by atoms with Crippen molar-refractivity contribution < 1.29 is 32.9 Å². The van der Waals surface area contributed by atoms with E-state index in [1.165, 1.54) is 57.8 Å².